The van der Waals surface area contributed by atoms with Gasteiger partial charge in [0.15, 0.2) is 0 Å². The topological polar surface area (TPSA) is 50.7 Å². The van der Waals surface area contributed by atoms with Gasteiger partial charge in [0.25, 0.3) is 0 Å². The van der Waals surface area contributed by atoms with Crippen LogP contribution in [0.2, 0.25) is 0 Å². The molecule has 1 aromatic rings. The van der Waals surface area contributed by atoms with Gasteiger partial charge in [-0.3, -0.25) is 9.69 Å². The van der Waals surface area contributed by atoms with Gasteiger partial charge in [-0.2, -0.15) is 0 Å². The number of nitrogens with zero attached hydrogens (tertiary/aromatic N) is 2. The second-order valence-corrected chi connectivity index (χ2v) is 3.19. The van der Waals surface area contributed by atoms with Crippen molar-refractivity contribution in [3.8, 4) is 0 Å². The van der Waals surface area contributed by atoms with Gasteiger partial charge in [0.2, 0.25) is 11.6 Å². The van der Waals surface area contributed by atoms with Crippen LogP contribution in [0.1, 0.15) is 6.42 Å². The van der Waals surface area contributed by atoms with Crippen LogP contribution in [0.25, 0.3) is 4.85 Å². The lowest BCUT2D eigenvalue weighted by molar-refractivity contribution is -0.116. The molecular formula is C11H9N3O. The van der Waals surface area contributed by atoms with Crippen LogP contribution in [0.4, 0.5) is 5.69 Å². The molecule has 0 aliphatic carbocycles. The number of anilines is 1. The van der Waals surface area contributed by atoms with Gasteiger partial charge in [0.1, 0.15) is 5.82 Å². The highest BCUT2D eigenvalue weighted by Gasteiger charge is 2.29. The third kappa shape index (κ3) is 1.44. The first kappa shape index (κ1) is 9.28. The molecule has 74 valence electrons. The molecule has 0 bridgehead atoms. The molecular weight excluding hydrogens is 190 g/mol. The van der Waals surface area contributed by atoms with Gasteiger partial charge in [-0.25, -0.2) is 4.85 Å². The Labute approximate surface area is 87.4 Å². The van der Waals surface area contributed by atoms with Gasteiger partial charge >= 0.3 is 0 Å². The van der Waals surface area contributed by atoms with Crippen molar-refractivity contribution in [2.75, 3.05) is 4.90 Å². The smallest absolute Gasteiger partial charge is 0.226 e. The van der Waals surface area contributed by atoms with Crippen molar-refractivity contribution >= 4 is 11.6 Å². The van der Waals surface area contributed by atoms with Crippen LogP contribution in [0.5, 0.6) is 0 Å². The molecule has 0 saturated heterocycles. The first-order chi connectivity index (χ1) is 7.24. The van der Waals surface area contributed by atoms with E-state index in [2.05, 4.69) is 4.85 Å². The molecule has 0 saturated carbocycles. The minimum atomic E-state index is -0.148. The maximum Gasteiger partial charge on any atom is 0.226 e. The Morgan fingerprint density at radius 1 is 1.33 bits per heavy atom. The summed E-state index contributed by atoms with van der Waals surface area (Å²) in [5.74, 6) is 0.103. The summed E-state index contributed by atoms with van der Waals surface area (Å²) in [5.41, 5.74) is 6.76. The second kappa shape index (κ2) is 3.46. The van der Waals surface area contributed by atoms with E-state index in [-0.39, 0.29) is 18.1 Å². The van der Waals surface area contributed by atoms with E-state index in [1.807, 2.05) is 18.2 Å². The molecule has 0 atom stereocenters. The van der Waals surface area contributed by atoms with E-state index in [0.717, 1.165) is 0 Å². The van der Waals surface area contributed by atoms with E-state index in [0.29, 0.717) is 11.4 Å². The Bertz CT molecular complexity index is 470. The zero-order chi connectivity index (χ0) is 10.8. The molecule has 0 spiro atoms. The maximum absolute atomic E-state index is 11.6. The number of hydrogen-bond acceptors (Lipinski definition) is 2. The third-order valence-corrected chi connectivity index (χ3v) is 2.25. The molecule has 2 rings (SSSR count). The molecule has 0 fully saturated rings. The van der Waals surface area contributed by atoms with Crippen LogP contribution in [0.15, 0.2) is 41.8 Å². The molecule has 15 heavy (non-hydrogen) atoms. The van der Waals surface area contributed by atoms with Crippen molar-refractivity contribution in [2.24, 2.45) is 5.73 Å². The SMILES string of the molecule is [C-]#[N+]C1=C(N)N(c2ccccc2)C(=O)C1. The Morgan fingerprint density at radius 2 is 2.00 bits per heavy atom. The Kier molecular flexibility index (Phi) is 2.14. The quantitative estimate of drug-likeness (QED) is 0.696. The summed E-state index contributed by atoms with van der Waals surface area (Å²) in [5, 5.41) is 0. The summed E-state index contributed by atoms with van der Waals surface area (Å²) >= 11 is 0. The standard InChI is InChI=1S/C11H9N3O/c1-13-9-7-10(15)14(11(9)12)8-5-3-2-4-6-8/h2-6H,7,12H2. The van der Waals surface area contributed by atoms with E-state index < -0.39 is 0 Å². The van der Waals surface area contributed by atoms with E-state index >= 15 is 0 Å². The average Bonchev–Trinajstić information content (AvgIpc) is 2.55. The zero-order valence-electron chi connectivity index (χ0n) is 7.97. The van der Waals surface area contributed by atoms with Gasteiger partial charge in [0.05, 0.1) is 13.0 Å². The lowest BCUT2D eigenvalue weighted by Gasteiger charge is -2.17. The van der Waals surface area contributed by atoms with Crippen LogP contribution in [-0.4, -0.2) is 5.91 Å². The number of benzene rings is 1. The highest BCUT2D eigenvalue weighted by molar-refractivity contribution is 6.01. The number of para-hydroxylation sites is 1. The lowest BCUT2D eigenvalue weighted by Crippen LogP contribution is -2.28. The number of nitrogens with two attached hydrogens (primary N) is 1. The number of rotatable bonds is 1. The summed E-state index contributed by atoms with van der Waals surface area (Å²) in [7, 11) is 0. The van der Waals surface area contributed by atoms with E-state index in [4.69, 9.17) is 12.3 Å². The van der Waals surface area contributed by atoms with Gasteiger partial charge in [-0.1, -0.05) is 18.2 Å². The summed E-state index contributed by atoms with van der Waals surface area (Å²) in [6, 6.07) is 9.09. The first-order valence-corrected chi connectivity index (χ1v) is 4.48. The normalized spacial score (nSPS) is 15.7. The van der Waals surface area contributed by atoms with Crippen LogP contribution in [-0.2, 0) is 4.79 Å². The Morgan fingerprint density at radius 3 is 2.53 bits per heavy atom. The van der Waals surface area contributed by atoms with Crippen molar-refractivity contribution in [2.45, 2.75) is 6.42 Å². The van der Waals surface area contributed by atoms with Gasteiger partial charge in [0, 0.05) is 5.69 Å². The molecule has 4 heteroatoms. The van der Waals surface area contributed by atoms with Crippen molar-refractivity contribution in [1.82, 2.24) is 0 Å². The van der Waals surface area contributed by atoms with Crippen molar-refractivity contribution in [3.05, 3.63) is 53.3 Å². The Hall–Kier alpha value is -2.28. The third-order valence-electron chi connectivity index (χ3n) is 2.25. The van der Waals surface area contributed by atoms with E-state index in [9.17, 15) is 4.79 Å². The molecule has 1 aromatic carbocycles. The maximum atomic E-state index is 11.6. The second-order valence-electron chi connectivity index (χ2n) is 3.19. The van der Waals surface area contributed by atoms with Crippen LogP contribution >= 0.6 is 0 Å². The van der Waals surface area contributed by atoms with Crippen LogP contribution < -0.4 is 10.6 Å². The molecule has 0 unspecified atom stereocenters. The fourth-order valence-corrected chi connectivity index (χ4v) is 1.53. The van der Waals surface area contributed by atoms with Crippen LogP contribution in [0, 0.1) is 6.57 Å². The monoisotopic (exact) mass is 199 g/mol. The minimum Gasteiger partial charge on any atom is -0.394 e. The largest absolute Gasteiger partial charge is 0.394 e. The minimum absolute atomic E-state index is 0.101. The van der Waals surface area contributed by atoms with E-state index in [1.54, 1.807) is 12.1 Å². The van der Waals surface area contributed by atoms with Crippen LogP contribution in [0.3, 0.4) is 0 Å². The lowest BCUT2D eigenvalue weighted by atomic mass is 10.3. The van der Waals surface area contributed by atoms with Crippen molar-refractivity contribution in [3.63, 3.8) is 0 Å². The number of carbonyl (C=O) groups is 1. The van der Waals surface area contributed by atoms with Gasteiger partial charge in [-0.15, -0.1) is 0 Å². The summed E-state index contributed by atoms with van der Waals surface area (Å²) in [6.45, 7) is 6.88. The van der Waals surface area contributed by atoms with Gasteiger partial charge in [-0.05, 0) is 12.1 Å². The van der Waals surface area contributed by atoms with Crippen molar-refractivity contribution < 1.29 is 4.79 Å². The molecule has 1 aliphatic heterocycles. The summed E-state index contributed by atoms with van der Waals surface area (Å²) < 4.78 is 0. The molecule has 2 N–H and O–H groups in total. The Balaban J connectivity index is 2.44. The number of hydrogen-bond donors (Lipinski definition) is 1. The fourth-order valence-electron chi connectivity index (χ4n) is 1.53. The summed E-state index contributed by atoms with van der Waals surface area (Å²) in [4.78, 5) is 16.2. The molecule has 1 heterocycles. The number of carbonyl (C=O) groups excluding carboxylic acids is 1. The fraction of sp³-hybridized carbons (Fsp3) is 0.0909. The first-order valence-electron chi connectivity index (χ1n) is 4.48. The molecule has 1 amide bonds. The average molecular weight is 199 g/mol. The summed E-state index contributed by atoms with van der Waals surface area (Å²) in [6.07, 6.45) is 0.101. The predicted molar refractivity (Wildman–Crippen MR) is 56.4 cm³/mol. The van der Waals surface area contributed by atoms with Gasteiger partial charge < -0.3 is 5.73 Å². The molecule has 0 aromatic heterocycles. The zero-order valence-corrected chi connectivity index (χ0v) is 7.97. The highest BCUT2D eigenvalue weighted by Crippen LogP contribution is 2.27. The van der Waals surface area contributed by atoms with Crippen molar-refractivity contribution in [1.29, 1.82) is 0 Å². The molecule has 0 radical (unpaired) electrons. The van der Waals surface area contributed by atoms with E-state index in [1.165, 1.54) is 4.90 Å². The number of amides is 1. The predicted octanol–water partition coefficient (Wildman–Crippen LogP) is 1.47. The molecule has 4 nitrogen and oxygen atoms in total. The molecule has 1 aliphatic rings. The highest BCUT2D eigenvalue weighted by atomic mass is 16.2.